The van der Waals surface area contributed by atoms with Crippen LogP contribution < -0.4 is 0 Å². The molecule has 4 rings (SSSR count). The van der Waals surface area contributed by atoms with Gasteiger partial charge in [0.25, 0.3) is 0 Å². The van der Waals surface area contributed by atoms with Gasteiger partial charge in [0, 0.05) is 17.4 Å². The van der Waals surface area contributed by atoms with Gasteiger partial charge >= 0.3 is 0 Å². The van der Waals surface area contributed by atoms with Gasteiger partial charge in [-0.3, -0.25) is 4.57 Å². The zero-order valence-electron chi connectivity index (χ0n) is 17.7. The maximum absolute atomic E-state index is 9.22. The van der Waals surface area contributed by atoms with Crippen LogP contribution in [-0.2, 0) is 0 Å². The molecule has 0 bridgehead atoms. The first-order chi connectivity index (χ1) is 15.0. The van der Waals surface area contributed by atoms with Crippen molar-refractivity contribution >= 4 is 17.3 Å². The molecule has 5 heteroatoms. The molecule has 0 saturated heterocycles. The van der Waals surface area contributed by atoms with Gasteiger partial charge < -0.3 is 5.21 Å². The van der Waals surface area contributed by atoms with Crippen LogP contribution in [0.3, 0.4) is 0 Å². The summed E-state index contributed by atoms with van der Waals surface area (Å²) in [6, 6.07) is 24.6. The molecule has 1 aromatic heterocycles. The van der Waals surface area contributed by atoms with Gasteiger partial charge in [-0.05, 0) is 53.8 Å². The van der Waals surface area contributed by atoms with E-state index in [1.807, 2.05) is 35.0 Å². The first-order valence-electron chi connectivity index (χ1n) is 10.2. The fourth-order valence-corrected chi connectivity index (χ4v) is 3.75. The molecule has 3 aromatic carbocycles. The van der Waals surface area contributed by atoms with Crippen molar-refractivity contribution in [2.75, 3.05) is 0 Å². The van der Waals surface area contributed by atoms with Crippen LogP contribution in [0.4, 0.5) is 0 Å². The van der Waals surface area contributed by atoms with Gasteiger partial charge in [0.2, 0.25) is 0 Å². The zero-order valence-corrected chi connectivity index (χ0v) is 18.5. The molecule has 0 radical (unpaired) electrons. The van der Waals surface area contributed by atoms with Crippen LogP contribution in [0.1, 0.15) is 37.9 Å². The molecule has 0 spiro atoms. The van der Waals surface area contributed by atoms with Gasteiger partial charge in [-0.1, -0.05) is 79.1 Å². The smallest absolute Gasteiger partial charge is 0.146 e. The number of hydrogen-bond donors (Lipinski definition) is 1. The molecule has 0 unspecified atom stereocenters. The molecule has 31 heavy (non-hydrogen) atoms. The monoisotopic (exact) mass is 429 g/mol. The molecule has 0 amide bonds. The van der Waals surface area contributed by atoms with Crippen molar-refractivity contribution in [2.24, 2.45) is 5.16 Å². The number of oxime groups is 1. The van der Waals surface area contributed by atoms with Gasteiger partial charge in [0.1, 0.15) is 17.2 Å². The quantitative estimate of drug-likeness (QED) is 0.207. The summed E-state index contributed by atoms with van der Waals surface area (Å²) in [6.45, 7) is 6.12. The average molecular weight is 430 g/mol. The number of benzene rings is 3. The predicted molar refractivity (Wildman–Crippen MR) is 128 cm³/mol. The minimum Gasteiger partial charge on any atom is -0.411 e. The number of nitrogens with zero attached hydrogens (tertiary/aromatic N) is 3. The highest BCUT2D eigenvalue weighted by Gasteiger charge is 2.16. The summed E-state index contributed by atoms with van der Waals surface area (Å²) >= 11 is 6.45. The molecule has 4 aromatic rings. The molecule has 0 saturated carbocycles. The molecule has 0 atom stereocenters. The number of hydrogen-bond acceptors (Lipinski definition) is 3. The zero-order chi connectivity index (χ0) is 22.0. The normalized spacial score (nSPS) is 11.8. The minimum atomic E-state index is 0.439. The number of rotatable bonds is 5. The van der Waals surface area contributed by atoms with E-state index in [-0.39, 0.29) is 0 Å². The fraction of sp³-hybridized carbons (Fsp3) is 0.154. The van der Waals surface area contributed by atoms with E-state index in [4.69, 9.17) is 11.6 Å². The average Bonchev–Trinajstić information content (AvgIpc) is 3.24. The summed E-state index contributed by atoms with van der Waals surface area (Å²) in [5, 5.41) is 13.1. The molecule has 0 fully saturated rings. The van der Waals surface area contributed by atoms with Crippen molar-refractivity contribution < 1.29 is 5.21 Å². The van der Waals surface area contributed by atoms with Gasteiger partial charge in [0.15, 0.2) is 0 Å². The number of imidazole rings is 1. The second-order valence-corrected chi connectivity index (χ2v) is 8.22. The van der Waals surface area contributed by atoms with Gasteiger partial charge in [0.05, 0.1) is 5.02 Å². The van der Waals surface area contributed by atoms with Gasteiger partial charge in [-0.15, -0.1) is 0 Å². The Balaban J connectivity index is 1.78. The van der Waals surface area contributed by atoms with Crippen molar-refractivity contribution in [1.29, 1.82) is 0 Å². The van der Waals surface area contributed by atoms with Crippen LogP contribution in [0.2, 0.25) is 5.02 Å². The Bertz CT molecular complexity index is 1240. The van der Waals surface area contributed by atoms with Crippen LogP contribution in [0, 0.1) is 0 Å². The Labute approximate surface area is 187 Å². The lowest BCUT2D eigenvalue weighted by atomic mass is 9.97. The van der Waals surface area contributed by atoms with Crippen LogP contribution in [0.25, 0.3) is 28.2 Å². The fourth-order valence-electron chi connectivity index (χ4n) is 3.53. The van der Waals surface area contributed by atoms with E-state index in [0.29, 0.717) is 28.2 Å². The van der Waals surface area contributed by atoms with Crippen LogP contribution in [0.5, 0.6) is 0 Å². The predicted octanol–water partition coefficient (Wildman–Crippen LogP) is 7.18. The molecular formula is C26H24ClN3O. The Morgan fingerprint density at radius 3 is 2.39 bits per heavy atom. The van der Waals surface area contributed by atoms with Gasteiger partial charge in [-0.25, -0.2) is 4.98 Å². The summed E-state index contributed by atoms with van der Waals surface area (Å²) in [5.41, 5.74) is 6.46. The molecule has 1 heterocycles. The number of aromatic nitrogens is 2. The van der Waals surface area contributed by atoms with E-state index in [9.17, 15) is 5.21 Å². The summed E-state index contributed by atoms with van der Waals surface area (Å²) in [7, 11) is 0. The minimum absolute atomic E-state index is 0.439. The first kappa shape index (κ1) is 20.9. The van der Waals surface area contributed by atoms with Crippen molar-refractivity contribution in [2.45, 2.75) is 26.7 Å². The summed E-state index contributed by atoms with van der Waals surface area (Å²) in [5.74, 6) is 1.18. The topological polar surface area (TPSA) is 50.4 Å². The number of halogens is 1. The Morgan fingerprint density at radius 1 is 0.968 bits per heavy atom. The molecular weight excluding hydrogens is 406 g/mol. The second kappa shape index (κ2) is 8.78. The third kappa shape index (κ3) is 4.25. The molecule has 0 aliphatic carbocycles. The Morgan fingerprint density at radius 2 is 1.71 bits per heavy atom. The third-order valence-electron chi connectivity index (χ3n) is 5.37. The lowest BCUT2D eigenvalue weighted by molar-refractivity contribution is 0.319. The van der Waals surface area contributed by atoms with Crippen LogP contribution >= 0.6 is 11.6 Å². The van der Waals surface area contributed by atoms with E-state index in [1.165, 1.54) is 11.1 Å². The van der Waals surface area contributed by atoms with Crippen LogP contribution in [0.15, 0.2) is 84.1 Å². The molecule has 1 N–H and O–H groups in total. The van der Waals surface area contributed by atoms with Crippen molar-refractivity contribution in [3.05, 3.63) is 95.3 Å². The maximum Gasteiger partial charge on any atom is 0.146 e. The lowest BCUT2D eigenvalue weighted by Gasteiger charge is -2.11. The summed E-state index contributed by atoms with van der Waals surface area (Å²) < 4.78 is 1.97. The first-order valence-corrected chi connectivity index (χ1v) is 10.6. The molecule has 0 aliphatic rings. The van der Waals surface area contributed by atoms with E-state index < -0.39 is 0 Å². The van der Waals surface area contributed by atoms with Crippen molar-refractivity contribution in [1.82, 2.24) is 9.55 Å². The Hall–Kier alpha value is -3.37. The van der Waals surface area contributed by atoms with E-state index in [2.05, 4.69) is 72.5 Å². The standard InChI is InChI=1S/C26H24ClN3O/c1-17(2)20-7-6-8-21(15-20)19-11-13-22(14-12-19)30-16-25(18(3)29-31)28-26(30)23-9-4-5-10-24(23)27/h4-17,31H,1-3H3/b29-18+. The summed E-state index contributed by atoms with van der Waals surface area (Å²) in [6.07, 6.45) is 1.86. The lowest BCUT2D eigenvalue weighted by Crippen LogP contribution is -1.97. The highest BCUT2D eigenvalue weighted by molar-refractivity contribution is 6.33. The summed E-state index contributed by atoms with van der Waals surface area (Å²) in [4.78, 5) is 4.69. The van der Waals surface area contributed by atoms with Gasteiger partial charge in [-0.2, -0.15) is 0 Å². The van der Waals surface area contributed by atoms with Crippen LogP contribution in [-0.4, -0.2) is 20.5 Å². The van der Waals surface area contributed by atoms with E-state index >= 15 is 0 Å². The SMILES string of the molecule is C/C(=N\O)c1cn(-c2ccc(-c3cccc(C(C)C)c3)cc2)c(-c2ccccc2Cl)n1. The Kier molecular flexibility index (Phi) is 5.92. The molecule has 156 valence electrons. The second-order valence-electron chi connectivity index (χ2n) is 7.81. The highest BCUT2D eigenvalue weighted by atomic mass is 35.5. The van der Waals surface area contributed by atoms with Crippen molar-refractivity contribution in [3.8, 4) is 28.2 Å². The maximum atomic E-state index is 9.22. The molecule has 4 nitrogen and oxygen atoms in total. The third-order valence-corrected chi connectivity index (χ3v) is 5.70. The van der Waals surface area contributed by atoms with E-state index in [0.717, 1.165) is 16.8 Å². The van der Waals surface area contributed by atoms with Crippen molar-refractivity contribution in [3.63, 3.8) is 0 Å². The van der Waals surface area contributed by atoms with E-state index in [1.54, 1.807) is 6.92 Å². The molecule has 0 aliphatic heterocycles. The highest BCUT2D eigenvalue weighted by Crippen LogP contribution is 2.31. The largest absolute Gasteiger partial charge is 0.411 e.